The largest absolute Gasteiger partial charge is 0.296 e. The van der Waals surface area contributed by atoms with Crippen LogP contribution >= 0.6 is 22.7 Å². The summed E-state index contributed by atoms with van der Waals surface area (Å²) in [7, 11) is 0. The first-order valence-electron chi connectivity index (χ1n) is 5.95. The number of nitrogens with zero attached hydrogens (tertiary/aromatic N) is 3. The van der Waals surface area contributed by atoms with Crippen molar-refractivity contribution < 1.29 is 4.79 Å². The van der Waals surface area contributed by atoms with Gasteiger partial charge in [0.05, 0.1) is 16.5 Å². The predicted molar refractivity (Wildman–Crippen MR) is 82.3 cm³/mol. The van der Waals surface area contributed by atoms with E-state index in [1.165, 1.54) is 17.4 Å². The molecule has 0 fully saturated rings. The van der Waals surface area contributed by atoms with Gasteiger partial charge >= 0.3 is 0 Å². The van der Waals surface area contributed by atoms with Crippen LogP contribution in [0.2, 0.25) is 0 Å². The van der Waals surface area contributed by atoms with Crippen LogP contribution in [-0.2, 0) is 0 Å². The third-order valence-corrected chi connectivity index (χ3v) is 4.51. The average Bonchev–Trinajstić information content (AvgIpc) is 3.18. The van der Waals surface area contributed by atoms with Gasteiger partial charge in [0.25, 0.3) is 5.91 Å². The van der Waals surface area contributed by atoms with Gasteiger partial charge in [0.2, 0.25) is 5.13 Å². The SMILES string of the molecule is N#Cc1cccc(C(=O)Nc2nnc(-c3cccs3)s2)c1. The summed E-state index contributed by atoms with van der Waals surface area (Å²) in [4.78, 5) is 13.1. The van der Waals surface area contributed by atoms with E-state index in [9.17, 15) is 4.79 Å². The maximum Gasteiger partial charge on any atom is 0.257 e. The van der Waals surface area contributed by atoms with E-state index < -0.39 is 0 Å². The molecular weight excluding hydrogens is 304 g/mol. The van der Waals surface area contributed by atoms with Crippen LogP contribution in [0, 0.1) is 11.3 Å². The van der Waals surface area contributed by atoms with Gasteiger partial charge in [-0.1, -0.05) is 23.5 Å². The van der Waals surface area contributed by atoms with Gasteiger partial charge in [-0.05, 0) is 29.6 Å². The lowest BCUT2D eigenvalue weighted by Gasteiger charge is -2.00. The number of hydrogen-bond donors (Lipinski definition) is 1. The number of nitrogens with one attached hydrogen (secondary N) is 1. The Labute approximate surface area is 128 Å². The molecule has 2 aromatic heterocycles. The normalized spacial score (nSPS) is 10.0. The number of benzene rings is 1. The molecule has 0 aliphatic rings. The van der Waals surface area contributed by atoms with E-state index >= 15 is 0 Å². The van der Waals surface area contributed by atoms with Crippen molar-refractivity contribution in [3.05, 3.63) is 52.9 Å². The van der Waals surface area contributed by atoms with Gasteiger partial charge in [0.1, 0.15) is 0 Å². The van der Waals surface area contributed by atoms with Crippen molar-refractivity contribution in [2.24, 2.45) is 0 Å². The minimum atomic E-state index is -0.305. The van der Waals surface area contributed by atoms with Crippen molar-refractivity contribution >= 4 is 33.7 Å². The molecule has 1 amide bonds. The molecule has 5 nitrogen and oxygen atoms in total. The molecule has 0 aliphatic carbocycles. The van der Waals surface area contributed by atoms with Crippen LogP contribution in [0.1, 0.15) is 15.9 Å². The molecule has 0 radical (unpaired) electrons. The lowest BCUT2D eigenvalue weighted by atomic mass is 10.1. The van der Waals surface area contributed by atoms with Crippen LogP contribution in [0.15, 0.2) is 41.8 Å². The van der Waals surface area contributed by atoms with Crippen molar-refractivity contribution in [3.63, 3.8) is 0 Å². The van der Waals surface area contributed by atoms with Gasteiger partial charge in [0, 0.05) is 5.56 Å². The van der Waals surface area contributed by atoms with Gasteiger partial charge in [0.15, 0.2) is 5.01 Å². The standard InChI is InChI=1S/C14H8N4OS2/c15-8-9-3-1-4-10(7-9)12(19)16-14-18-17-13(21-14)11-5-2-6-20-11/h1-7H,(H,16,18,19). The van der Waals surface area contributed by atoms with Crippen molar-refractivity contribution in [1.29, 1.82) is 5.26 Å². The Morgan fingerprint density at radius 1 is 1.24 bits per heavy atom. The van der Waals surface area contributed by atoms with Crippen molar-refractivity contribution in [3.8, 4) is 16.0 Å². The summed E-state index contributed by atoms with van der Waals surface area (Å²) < 4.78 is 0. The summed E-state index contributed by atoms with van der Waals surface area (Å²) >= 11 is 2.88. The molecule has 0 saturated heterocycles. The van der Waals surface area contributed by atoms with E-state index in [1.807, 2.05) is 23.6 Å². The topological polar surface area (TPSA) is 78.7 Å². The van der Waals surface area contributed by atoms with Crippen LogP contribution < -0.4 is 5.32 Å². The van der Waals surface area contributed by atoms with Gasteiger partial charge < -0.3 is 0 Å². The smallest absolute Gasteiger partial charge is 0.257 e. The fraction of sp³-hybridized carbons (Fsp3) is 0. The molecule has 0 unspecified atom stereocenters. The number of hydrogen-bond acceptors (Lipinski definition) is 6. The highest BCUT2D eigenvalue weighted by Crippen LogP contribution is 2.29. The van der Waals surface area contributed by atoms with Crippen LogP contribution in [0.5, 0.6) is 0 Å². The highest BCUT2D eigenvalue weighted by atomic mass is 32.1. The Balaban J connectivity index is 1.77. The monoisotopic (exact) mass is 312 g/mol. The Hall–Kier alpha value is -2.56. The summed E-state index contributed by atoms with van der Waals surface area (Å²) in [6.07, 6.45) is 0. The molecule has 3 aromatic rings. The summed E-state index contributed by atoms with van der Waals surface area (Å²) in [5, 5.41) is 22.7. The molecule has 1 N–H and O–H groups in total. The van der Waals surface area contributed by atoms with E-state index in [2.05, 4.69) is 15.5 Å². The predicted octanol–water partition coefficient (Wildman–Crippen LogP) is 3.39. The van der Waals surface area contributed by atoms with Gasteiger partial charge in [-0.25, -0.2) is 0 Å². The molecule has 21 heavy (non-hydrogen) atoms. The van der Waals surface area contributed by atoms with Crippen molar-refractivity contribution in [2.45, 2.75) is 0 Å². The van der Waals surface area contributed by atoms with Crippen LogP contribution in [0.25, 0.3) is 9.88 Å². The van der Waals surface area contributed by atoms with E-state index in [0.717, 1.165) is 9.88 Å². The second-order valence-corrected chi connectivity index (χ2v) is 5.96. The molecule has 0 atom stereocenters. The molecule has 2 heterocycles. The maximum absolute atomic E-state index is 12.1. The number of anilines is 1. The van der Waals surface area contributed by atoms with Crippen molar-refractivity contribution in [1.82, 2.24) is 10.2 Å². The Morgan fingerprint density at radius 2 is 2.14 bits per heavy atom. The molecule has 0 spiro atoms. The molecule has 3 rings (SSSR count). The lowest BCUT2D eigenvalue weighted by Crippen LogP contribution is -2.11. The Bertz CT molecular complexity index is 818. The summed E-state index contributed by atoms with van der Waals surface area (Å²) in [6, 6.07) is 12.4. The Kier molecular flexibility index (Phi) is 3.73. The van der Waals surface area contributed by atoms with Gasteiger partial charge in [-0.15, -0.1) is 21.5 Å². The minimum Gasteiger partial charge on any atom is -0.296 e. The third kappa shape index (κ3) is 2.97. The second kappa shape index (κ2) is 5.83. The van der Waals surface area contributed by atoms with E-state index in [4.69, 9.17) is 5.26 Å². The number of amides is 1. The average molecular weight is 312 g/mol. The number of thiophene rings is 1. The number of aromatic nitrogens is 2. The van der Waals surface area contributed by atoms with Gasteiger partial charge in [-0.3, -0.25) is 10.1 Å². The molecule has 0 aliphatic heterocycles. The molecule has 102 valence electrons. The van der Waals surface area contributed by atoms with Crippen molar-refractivity contribution in [2.75, 3.05) is 5.32 Å². The first-order chi connectivity index (χ1) is 10.3. The fourth-order valence-electron chi connectivity index (χ4n) is 1.67. The van der Waals surface area contributed by atoms with E-state index in [0.29, 0.717) is 16.3 Å². The lowest BCUT2D eigenvalue weighted by molar-refractivity contribution is 0.102. The molecule has 7 heteroatoms. The summed E-state index contributed by atoms with van der Waals surface area (Å²) in [5.74, 6) is -0.305. The highest BCUT2D eigenvalue weighted by molar-refractivity contribution is 7.23. The fourth-order valence-corrected chi connectivity index (χ4v) is 3.20. The molecule has 0 bridgehead atoms. The first kappa shape index (κ1) is 13.4. The maximum atomic E-state index is 12.1. The van der Waals surface area contributed by atoms with E-state index in [1.54, 1.807) is 29.5 Å². The van der Waals surface area contributed by atoms with Crippen LogP contribution in [-0.4, -0.2) is 16.1 Å². The molecule has 0 saturated carbocycles. The zero-order chi connectivity index (χ0) is 14.7. The molecular formula is C14H8N4OS2. The minimum absolute atomic E-state index is 0.305. The number of rotatable bonds is 3. The zero-order valence-electron chi connectivity index (χ0n) is 10.6. The molecule has 1 aromatic carbocycles. The number of carbonyl (C=O) groups is 1. The Morgan fingerprint density at radius 3 is 2.90 bits per heavy atom. The quantitative estimate of drug-likeness (QED) is 0.804. The summed E-state index contributed by atoms with van der Waals surface area (Å²) in [5.41, 5.74) is 0.862. The summed E-state index contributed by atoms with van der Waals surface area (Å²) in [6.45, 7) is 0. The zero-order valence-corrected chi connectivity index (χ0v) is 12.2. The second-order valence-electron chi connectivity index (χ2n) is 4.04. The van der Waals surface area contributed by atoms with E-state index in [-0.39, 0.29) is 5.91 Å². The van der Waals surface area contributed by atoms with Crippen LogP contribution in [0.4, 0.5) is 5.13 Å². The number of nitriles is 1. The van der Waals surface area contributed by atoms with Crippen LogP contribution in [0.3, 0.4) is 0 Å². The highest BCUT2D eigenvalue weighted by Gasteiger charge is 2.12. The first-order valence-corrected chi connectivity index (χ1v) is 7.65. The van der Waals surface area contributed by atoms with Gasteiger partial charge in [-0.2, -0.15) is 5.26 Å². The number of carbonyl (C=O) groups excluding carboxylic acids is 1. The third-order valence-electron chi connectivity index (χ3n) is 2.63.